The molecule has 0 bridgehead atoms. The molecule has 0 spiro atoms. The number of halogens is 4. The molecule has 0 saturated heterocycles. The fraction of sp³-hybridized carbons (Fsp3) is 0.0556. The Morgan fingerprint density at radius 2 is 1.37 bits per heavy atom. The summed E-state index contributed by atoms with van der Waals surface area (Å²) in [7, 11) is 0. The van der Waals surface area contributed by atoms with Gasteiger partial charge in [0.1, 0.15) is 0 Å². The van der Waals surface area contributed by atoms with Crippen molar-refractivity contribution in [3.05, 3.63) is 66.4 Å². The summed E-state index contributed by atoms with van der Waals surface area (Å²) in [6.45, 7) is 1.98. The smallest absolute Gasteiger partial charge is 0.268 e. The van der Waals surface area contributed by atoms with Gasteiger partial charge in [-0.25, -0.2) is 9.88 Å². The monoisotopic (exact) mass is 456 g/mol. The first-order valence-corrected chi connectivity index (χ1v) is 9.97. The molecule has 4 rings (SSSR count). The minimum Gasteiger partial charge on any atom is -0.268 e. The van der Waals surface area contributed by atoms with E-state index in [-0.39, 0.29) is 36.3 Å². The van der Waals surface area contributed by atoms with Gasteiger partial charge in [0.2, 0.25) is 0 Å². The van der Waals surface area contributed by atoms with Crippen molar-refractivity contribution in [3.63, 3.8) is 0 Å². The van der Waals surface area contributed by atoms with E-state index in [1.54, 1.807) is 5.38 Å². The number of rotatable bonds is 2. The molecule has 1 aliphatic rings. The number of thiazole rings is 1. The van der Waals surface area contributed by atoms with Gasteiger partial charge >= 0.3 is 0 Å². The van der Waals surface area contributed by atoms with Gasteiger partial charge in [0, 0.05) is 10.9 Å². The van der Waals surface area contributed by atoms with Gasteiger partial charge < -0.3 is 0 Å². The Kier molecular flexibility index (Phi) is 4.69. The minimum absolute atomic E-state index is 0.0619. The Bertz CT molecular complexity index is 1080. The molecule has 4 nitrogen and oxygen atoms in total. The minimum atomic E-state index is -0.634. The van der Waals surface area contributed by atoms with E-state index >= 15 is 0 Å². The van der Waals surface area contributed by atoms with Crippen LogP contribution in [0, 0.1) is 6.92 Å². The van der Waals surface area contributed by atoms with Crippen LogP contribution in [0.2, 0.25) is 20.1 Å². The summed E-state index contributed by atoms with van der Waals surface area (Å²) in [5.41, 5.74) is 2.52. The number of amides is 2. The van der Waals surface area contributed by atoms with Crippen molar-refractivity contribution in [1.82, 2.24) is 4.98 Å². The number of benzene rings is 2. The van der Waals surface area contributed by atoms with Gasteiger partial charge in [0.05, 0.1) is 36.9 Å². The van der Waals surface area contributed by atoms with Gasteiger partial charge in [-0.2, -0.15) is 0 Å². The highest BCUT2D eigenvalue weighted by Gasteiger charge is 2.43. The third-order valence-corrected chi connectivity index (χ3v) is 6.76. The maximum absolute atomic E-state index is 12.9. The molecule has 136 valence electrons. The Morgan fingerprint density at radius 1 is 0.852 bits per heavy atom. The van der Waals surface area contributed by atoms with Gasteiger partial charge in [0.25, 0.3) is 11.8 Å². The molecule has 1 aromatic heterocycles. The van der Waals surface area contributed by atoms with Crippen LogP contribution in [-0.2, 0) is 0 Å². The predicted octanol–water partition coefficient (Wildman–Crippen LogP) is 6.53. The second-order valence-electron chi connectivity index (χ2n) is 5.83. The molecule has 2 aromatic carbocycles. The quantitative estimate of drug-likeness (QED) is 0.249. The van der Waals surface area contributed by atoms with E-state index in [1.807, 2.05) is 31.2 Å². The van der Waals surface area contributed by atoms with E-state index in [2.05, 4.69) is 4.98 Å². The highest BCUT2D eigenvalue weighted by atomic mass is 35.5. The molecule has 0 saturated carbocycles. The van der Waals surface area contributed by atoms with E-state index in [9.17, 15) is 9.59 Å². The number of nitrogens with zero attached hydrogens (tertiary/aromatic N) is 2. The van der Waals surface area contributed by atoms with Crippen LogP contribution in [0.15, 0.2) is 29.6 Å². The molecule has 9 heteroatoms. The molecule has 0 fully saturated rings. The molecular weight excluding hydrogens is 450 g/mol. The lowest BCUT2D eigenvalue weighted by Crippen LogP contribution is -2.29. The Balaban J connectivity index is 1.79. The van der Waals surface area contributed by atoms with Gasteiger partial charge in [-0.3, -0.25) is 9.59 Å². The number of carbonyl (C=O) groups excluding carboxylic acids is 2. The van der Waals surface area contributed by atoms with Crippen molar-refractivity contribution in [3.8, 4) is 11.3 Å². The molecule has 3 aromatic rings. The average molecular weight is 458 g/mol. The van der Waals surface area contributed by atoms with Crippen LogP contribution in [0.1, 0.15) is 26.3 Å². The maximum Gasteiger partial charge on any atom is 0.269 e. The lowest BCUT2D eigenvalue weighted by molar-refractivity contribution is 0.0926. The summed E-state index contributed by atoms with van der Waals surface area (Å²) >= 11 is 25.5. The van der Waals surface area contributed by atoms with E-state index in [0.717, 1.165) is 16.0 Å². The van der Waals surface area contributed by atoms with Gasteiger partial charge in [0.15, 0.2) is 5.13 Å². The molecule has 0 atom stereocenters. The predicted molar refractivity (Wildman–Crippen MR) is 110 cm³/mol. The highest BCUT2D eigenvalue weighted by molar-refractivity contribution is 7.14. The molecule has 1 aliphatic heterocycles. The molecule has 27 heavy (non-hydrogen) atoms. The maximum atomic E-state index is 12.9. The summed E-state index contributed by atoms with van der Waals surface area (Å²) < 4.78 is 0. The van der Waals surface area contributed by atoms with E-state index < -0.39 is 11.8 Å². The van der Waals surface area contributed by atoms with Crippen LogP contribution in [0.4, 0.5) is 5.13 Å². The van der Waals surface area contributed by atoms with E-state index in [0.29, 0.717) is 5.69 Å². The summed E-state index contributed by atoms with van der Waals surface area (Å²) in [4.78, 5) is 31.1. The van der Waals surface area contributed by atoms with Gasteiger partial charge in [-0.15, -0.1) is 11.3 Å². The van der Waals surface area contributed by atoms with Crippen molar-refractivity contribution in [2.24, 2.45) is 0 Å². The molecule has 0 N–H and O–H groups in total. The summed E-state index contributed by atoms with van der Waals surface area (Å²) in [5.74, 6) is -1.27. The van der Waals surface area contributed by atoms with Crippen molar-refractivity contribution in [1.29, 1.82) is 0 Å². The molecule has 2 amide bonds. The summed E-state index contributed by atoms with van der Waals surface area (Å²) in [6.07, 6.45) is 0. The zero-order valence-electron chi connectivity index (χ0n) is 13.5. The number of fused-ring (bicyclic) bond motifs is 1. The Hall–Kier alpha value is -1.63. The average Bonchev–Trinajstić information content (AvgIpc) is 3.21. The molecule has 0 radical (unpaired) electrons. The number of hydrogen-bond donors (Lipinski definition) is 0. The molecular formula is C18H8Cl4N2O2S. The fourth-order valence-corrected chi connectivity index (χ4v) is 4.59. The van der Waals surface area contributed by atoms with Crippen LogP contribution in [0.5, 0.6) is 0 Å². The van der Waals surface area contributed by atoms with Crippen LogP contribution in [0.3, 0.4) is 0 Å². The first kappa shape index (κ1) is 18.7. The van der Waals surface area contributed by atoms with E-state index in [4.69, 9.17) is 46.4 Å². The standard InChI is InChI=1S/C18H8Cl4N2O2S/c1-7-2-4-8(5-3-7)9-6-27-18(23-9)24-16(25)10-11(17(24)26)13(20)15(22)14(21)12(10)19/h2-6H,1H3. The Labute approximate surface area is 178 Å². The van der Waals surface area contributed by atoms with Crippen molar-refractivity contribution >= 4 is 74.7 Å². The molecule has 0 unspecified atom stereocenters. The fourth-order valence-electron chi connectivity index (χ4n) is 2.75. The van der Waals surface area contributed by atoms with Crippen LogP contribution in [-0.4, -0.2) is 16.8 Å². The van der Waals surface area contributed by atoms with Crippen molar-refractivity contribution in [2.75, 3.05) is 4.90 Å². The second kappa shape index (κ2) is 6.76. The number of aromatic nitrogens is 1. The summed E-state index contributed by atoms with van der Waals surface area (Å²) in [5, 5.41) is 1.66. The largest absolute Gasteiger partial charge is 0.269 e. The third kappa shape index (κ3) is 2.85. The number of carbonyl (C=O) groups is 2. The first-order chi connectivity index (χ1) is 12.8. The lowest BCUT2D eigenvalue weighted by Gasteiger charge is -2.09. The summed E-state index contributed by atoms with van der Waals surface area (Å²) in [6, 6.07) is 7.76. The van der Waals surface area contributed by atoms with Crippen LogP contribution in [0.25, 0.3) is 11.3 Å². The Morgan fingerprint density at radius 3 is 1.89 bits per heavy atom. The SMILES string of the molecule is Cc1ccc(-c2csc(N3C(=O)c4c(Cl)c(Cl)c(Cl)c(Cl)c4C3=O)n2)cc1. The van der Waals surface area contributed by atoms with Crippen molar-refractivity contribution < 1.29 is 9.59 Å². The second-order valence-corrected chi connectivity index (χ2v) is 8.18. The van der Waals surface area contributed by atoms with Gasteiger partial charge in [-0.05, 0) is 6.92 Å². The zero-order chi connectivity index (χ0) is 19.5. The highest BCUT2D eigenvalue weighted by Crippen LogP contribution is 2.46. The lowest BCUT2D eigenvalue weighted by atomic mass is 10.1. The van der Waals surface area contributed by atoms with Crippen LogP contribution < -0.4 is 4.90 Å². The number of hydrogen-bond acceptors (Lipinski definition) is 4. The molecule has 2 heterocycles. The zero-order valence-corrected chi connectivity index (χ0v) is 17.4. The van der Waals surface area contributed by atoms with Crippen LogP contribution >= 0.6 is 57.7 Å². The van der Waals surface area contributed by atoms with Gasteiger partial charge in [-0.1, -0.05) is 76.2 Å². The van der Waals surface area contributed by atoms with Crippen molar-refractivity contribution in [2.45, 2.75) is 6.92 Å². The number of anilines is 1. The number of imide groups is 1. The number of aryl methyl sites for hydroxylation is 1. The third-order valence-electron chi connectivity index (χ3n) is 4.13. The molecule has 0 aliphatic carbocycles. The first-order valence-electron chi connectivity index (χ1n) is 7.58. The van der Waals surface area contributed by atoms with E-state index in [1.165, 1.54) is 11.3 Å². The topological polar surface area (TPSA) is 50.3 Å². The normalized spacial score (nSPS) is 13.4.